The third-order valence-electron chi connectivity index (χ3n) is 5.99. The minimum atomic E-state index is -1.40. The van der Waals surface area contributed by atoms with E-state index in [-0.39, 0.29) is 25.3 Å². The molecule has 0 aromatic rings. The summed E-state index contributed by atoms with van der Waals surface area (Å²) in [6, 6.07) is -5.87. The number of carboxylic acids is 1. The van der Waals surface area contributed by atoms with Crippen LogP contribution in [0.4, 0.5) is 0 Å². The Hall–Kier alpha value is -2.42. The van der Waals surface area contributed by atoms with Gasteiger partial charge in [0.1, 0.15) is 24.2 Å². The van der Waals surface area contributed by atoms with Gasteiger partial charge in [-0.2, -0.15) is 11.8 Å². The van der Waals surface area contributed by atoms with Crippen LogP contribution in [0.1, 0.15) is 46.5 Å². The van der Waals surface area contributed by atoms with Crippen molar-refractivity contribution in [1.29, 1.82) is 0 Å². The smallest absolute Gasteiger partial charge is 0.326 e. The van der Waals surface area contributed by atoms with Crippen LogP contribution < -0.4 is 21.7 Å². The fourth-order valence-corrected chi connectivity index (χ4v) is 4.44. The molecule has 0 unspecified atom stereocenters. The molecule has 1 fully saturated rings. The molecule has 6 atom stereocenters. The first-order valence-electron chi connectivity index (χ1n) is 12.3. The second-order valence-electron chi connectivity index (χ2n) is 9.58. The number of rotatable bonds is 15. The Morgan fingerprint density at radius 1 is 1.03 bits per heavy atom. The first-order chi connectivity index (χ1) is 17.3. The van der Waals surface area contributed by atoms with Gasteiger partial charge in [0.05, 0.1) is 18.8 Å². The molecule has 1 heterocycles. The van der Waals surface area contributed by atoms with Gasteiger partial charge < -0.3 is 41.9 Å². The first kappa shape index (κ1) is 32.6. The molecule has 0 bridgehead atoms. The zero-order valence-electron chi connectivity index (χ0n) is 21.8. The summed E-state index contributed by atoms with van der Waals surface area (Å²) in [5, 5.41) is 36.6. The normalized spacial score (nSPS) is 19.5. The SMILES string of the molecule is CSCC[C@H](N)C(=O)N[C@H](C(=O)N[C@@H](CC(C)C)C(=O)N[C@@H](CO)C(=O)N1CCC[C@H]1C(=O)O)[C@@H](C)O. The van der Waals surface area contributed by atoms with E-state index in [9.17, 15) is 39.3 Å². The highest BCUT2D eigenvalue weighted by Gasteiger charge is 2.38. The topological polar surface area (TPSA) is 211 Å². The zero-order chi connectivity index (χ0) is 28.3. The Labute approximate surface area is 221 Å². The number of nitrogens with one attached hydrogen (secondary N) is 3. The van der Waals surface area contributed by atoms with E-state index >= 15 is 0 Å². The molecule has 37 heavy (non-hydrogen) atoms. The number of nitrogens with two attached hydrogens (primary N) is 1. The predicted molar refractivity (Wildman–Crippen MR) is 137 cm³/mol. The minimum absolute atomic E-state index is 0.0751. The van der Waals surface area contributed by atoms with Crippen molar-refractivity contribution in [1.82, 2.24) is 20.9 Å². The molecule has 1 rings (SSSR count). The Morgan fingerprint density at radius 3 is 2.16 bits per heavy atom. The summed E-state index contributed by atoms with van der Waals surface area (Å²) in [6.45, 7) is 4.34. The molecule has 0 aliphatic carbocycles. The molecule has 1 saturated heterocycles. The van der Waals surface area contributed by atoms with Gasteiger partial charge in [0.15, 0.2) is 0 Å². The van der Waals surface area contributed by atoms with E-state index in [0.717, 1.165) is 4.90 Å². The van der Waals surface area contributed by atoms with Crippen LogP contribution in [0, 0.1) is 5.92 Å². The molecule has 14 heteroatoms. The molecule has 0 saturated carbocycles. The largest absolute Gasteiger partial charge is 0.480 e. The Balaban J connectivity index is 2.96. The number of hydrogen-bond donors (Lipinski definition) is 7. The van der Waals surface area contributed by atoms with Crippen LogP contribution in [0.2, 0.25) is 0 Å². The van der Waals surface area contributed by atoms with Crippen LogP contribution in [0.5, 0.6) is 0 Å². The Kier molecular flexibility index (Phi) is 13.9. The average Bonchev–Trinajstić information content (AvgIpc) is 3.32. The summed E-state index contributed by atoms with van der Waals surface area (Å²) in [7, 11) is 0. The van der Waals surface area contributed by atoms with E-state index in [1.807, 2.05) is 20.1 Å². The molecular weight excluding hydrogens is 506 g/mol. The van der Waals surface area contributed by atoms with Gasteiger partial charge in [-0.25, -0.2) is 4.79 Å². The highest BCUT2D eigenvalue weighted by atomic mass is 32.2. The lowest BCUT2D eigenvalue weighted by Gasteiger charge is -2.29. The summed E-state index contributed by atoms with van der Waals surface area (Å²) in [6.07, 6.45) is 1.84. The number of hydrogen-bond acceptors (Lipinski definition) is 9. The molecular formula is C23H41N5O8S. The second-order valence-corrected chi connectivity index (χ2v) is 10.6. The number of aliphatic hydroxyl groups excluding tert-OH is 2. The number of carbonyl (C=O) groups excluding carboxylic acids is 4. The predicted octanol–water partition coefficient (Wildman–Crippen LogP) is -1.98. The number of aliphatic carboxylic acids is 1. The number of amides is 4. The van der Waals surface area contributed by atoms with Gasteiger partial charge in [-0.15, -0.1) is 0 Å². The maximum atomic E-state index is 13.1. The lowest BCUT2D eigenvalue weighted by molar-refractivity contribution is -0.150. The van der Waals surface area contributed by atoms with E-state index in [1.165, 1.54) is 18.7 Å². The van der Waals surface area contributed by atoms with Crippen molar-refractivity contribution in [3.63, 3.8) is 0 Å². The van der Waals surface area contributed by atoms with Gasteiger partial charge in [-0.05, 0) is 50.5 Å². The van der Waals surface area contributed by atoms with Crippen molar-refractivity contribution >= 4 is 41.4 Å². The van der Waals surface area contributed by atoms with Gasteiger partial charge in [0, 0.05) is 6.54 Å². The average molecular weight is 548 g/mol. The lowest BCUT2D eigenvalue weighted by Crippen LogP contribution is -2.61. The Morgan fingerprint density at radius 2 is 1.65 bits per heavy atom. The molecule has 0 radical (unpaired) electrons. The van der Waals surface area contributed by atoms with Crippen LogP contribution >= 0.6 is 11.8 Å². The maximum Gasteiger partial charge on any atom is 0.326 e. The molecule has 1 aliphatic heterocycles. The van der Waals surface area contributed by atoms with Crippen LogP contribution in [0.3, 0.4) is 0 Å². The summed E-state index contributed by atoms with van der Waals surface area (Å²) in [5.74, 6) is -3.56. The molecule has 4 amide bonds. The molecule has 212 valence electrons. The summed E-state index contributed by atoms with van der Waals surface area (Å²) < 4.78 is 0. The Bertz CT molecular complexity index is 812. The van der Waals surface area contributed by atoms with Crippen LogP contribution in [0.15, 0.2) is 0 Å². The monoisotopic (exact) mass is 547 g/mol. The van der Waals surface area contributed by atoms with Crippen molar-refractivity contribution in [2.45, 2.75) is 82.8 Å². The standard InChI is InChI=1S/C23H41N5O8S/c1-12(2)10-15(25-21(33)18(13(3)30)27-19(31)14(24)7-9-37-4)20(32)26-16(11-29)22(34)28-8-5-6-17(28)23(35)36/h12-18,29-30H,5-11,24H2,1-4H3,(H,25,33)(H,26,32)(H,27,31)(H,35,36)/t13-,14+,15+,16+,17+,18+/m1/s1. The van der Waals surface area contributed by atoms with Crippen LogP contribution in [-0.4, -0.2) is 111 Å². The molecule has 13 nitrogen and oxygen atoms in total. The van der Waals surface area contributed by atoms with Crippen molar-refractivity contribution < 1.29 is 39.3 Å². The van der Waals surface area contributed by atoms with E-state index < -0.39 is 72.5 Å². The molecule has 1 aliphatic rings. The first-order valence-corrected chi connectivity index (χ1v) is 13.7. The van der Waals surface area contributed by atoms with Gasteiger partial charge in [0.25, 0.3) is 0 Å². The van der Waals surface area contributed by atoms with Crippen molar-refractivity contribution in [2.75, 3.05) is 25.2 Å². The zero-order valence-corrected chi connectivity index (χ0v) is 22.6. The third-order valence-corrected chi connectivity index (χ3v) is 6.63. The van der Waals surface area contributed by atoms with Crippen molar-refractivity contribution in [3.8, 4) is 0 Å². The number of carbonyl (C=O) groups is 5. The number of aliphatic hydroxyl groups is 2. The number of nitrogens with zero attached hydrogens (tertiary/aromatic N) is 1. The quantitative estimate of drug-likeness (QED) is 0.120. The van der Waals surface area contributed by atoms with E-state index in [4.69, 9.17) is 5.73 Å². The number of carboxylic acid groups (broad SMARTS) is 1. The van der Waals surface area contributed by atoms with Crippen molar-refractivity contribution in [2.24, 2.45) is 11.7 Å². The van der Waals surface area contributed by atoms with Crippen molar-refractivity contribution in [3.05, 3.63) is 0 Å². The van der Waals surface area contributed by atoms with E-state index in [0.29, 0.717) is 18.6 Å². The molecule has 0 aromatic carbocycles. The summed E-state index contributed by atoms with van der Waals surface area (Å²) >= 11 is 1.51. The van der Waals surface area contributed by atoms with E-state index in [2.05, 4.69) is 16.0 Å². The van der Waals surface area contributed by atoms with E-state index in [1.54, 1.807) is 0 Å². The molecule has 8 N–H and O–H groups in total. The molecule has 0 spiro atoms. The van der Waals surface area contributed by atoms with Crippen LogP contribution in [-0.2, 0) is 24.0 Å². The number of thioether (sulfide) groups is 1. The van der Waals surface area contributed by atoms with Gasteiger partial charge in [-0.1, -0.05) is 13.8 Å². The highest BCUT2D eigenvalue weighted by Crippen LogP contribution is 2.18. The highest BCUT2D eigenvalue weighted by molar-refractivity contribution is 7.98. The fraction of sp³-hybridized carbons (Fsp3) is 0.783. The summed E-state index contributed by atoms with van der Waals surface area (Å²) in [5.41, 5.74) is 5.85. The second kappa shape index (κ2) is 15.7. The molecule has 0 aromatic heterocycles. The maximum absolute atomic E-state index is 13.1. The van der Waals surface area contributed by atoms with Crippen LogP contribution in [0.25, 0.3) is 0 Å². The van der Waals surface area contributed by atoms with Gasteiger partial charge in [-0.3, -0.25) is 19.2 Å². The van der Waals surface area contributed by atoms with Gasteiger partial charge in [0.2, 0.25) is 23.6 Å². The fourth-order valence-electron chi connectivity index (χ4n) is 3.95. The lowest BCUT2D eigenvalue weighted by atomic mass is 10.0. The third kappa shape index (κ3) is 10.1. The van der Waals surface area contributed by atoms with Gasteiger partial charge >= 0.3 is 5.97 Å². The summed E-state index contributed by atoms with van der Waals surface area (Å²) in [4.78, 5) is 63.8. The number of likely N-dealkylation sites (tertiary alicyclic amines) is 1. The minimum Gasteiger partial charge on any atom is -0.480 e.